The van der Waals surface area contributed by atoms with Crippen molar-refractivity contribution in [2.24, 2.45) is 0 Å². The summed E-state index contributed by atoms with van der Waals surface area (Å²) in [6.07, 6.45) is 1.52. The maximum atomic E-state index is 10.7. The lowest BCUT2D eigenvalue weighted by Crippen LogP contribution is -2.08. The molecule has 2 aromatic heterocycles. The molecule has 35 heavy (non-hydrogen) atoms. The molecule has 182 valence electrons. The van der Waals surface area contributed by atoms with Crippen molar-refractivity contribution in [2.45, 2.75) is 20.0 Å². The highest BCUT2D eigenvalue weighted by Crippen LogP contribution is 2.32. The van der Waals surface area contributed by atoms with Crippen LogP contribution >= 0.6 is 24.0 Å². The number of anilines is 1. The first-order valence-electron chi connectivity index (χ1n) is 10.6. The molecule has 10 heteroatoms. The van der Waals surface area contributed by atoms with Crippen LogP contribution in [0.25, 0.3) is 34.0 Å². The van der Waals surface area contributed by atoms with E-state index in [2.05, 4.69) is 39.5 Å². The summed E-state index contributed by atoms with van der Waals surface area (Å²) in [6, 6.07) is 15.8. The number of aryl methyl sites for hydroxylation is 1. The summed E-state index contributed by atoms with van der Waals surface area (Å²) < 4.78 is 10.9. The largest absolute Gasteiger partial charge is 0.481 e. The number of nitrogens with zero attached hydrogens (tertiary/aromatic N) is 3. The van der Waals surface area contributed by atoms with E-state index in [0.717, 1.165) is 22.3 Å². The van der Waals surface area contributed by atoms with E-state index < -0.39 is 5.97 Å². The van der Waals surface area contributed by atoms with Crippen LogP contribution in [-0.4, -0.2) is 39.9 Å². The minimum Gasteiger partial charge on any atom is -0.481 e. The van der Waals surface area contributed by atoms with Crippen molar-refractivity contribution in [2.75, 3.05) is 19.0 Å². The first-order valence-corrected chi connectivity index (χ1v) is 11.0. The molecule has 0 aliphatic heterocycles. The number of halogens is 2. The second kappa shape index (κ2) is 11.8. The Balaban J connectivity index is 0.00000342. The Morgan fingerprint density at radius 3 is 2.66 bits per heavy atom. The molecule has 0 radical (unpaired) electrons. The number of hydrogen-bond donors (Lipinski definition) is 2. The van der Waals surface area contributed by atoms with Gasteiger partial charge in [0.1, 0.15) is 5.82 Å². The number of ether oxygens (including phenoxy) is 1. The molecule has 0 spiro atoms. The Morgan fingerprint density at radius 1 is 1.14 bits per heavy atom. The lowest BCUT2D eigenvalue weighted by Gasteiger charge is -2.12. The topological polar surface area (TPSA) is 110 Å². The van der Waals surface area contributed by atoms with Crippen LogP contribution in [0.15, 0.2) is 59.3 Å². The van der Waals surface area contributed by atoms with Gasteiger partial charge in [0.25, 0.3) is 5.89 Å². The van der Waals surface area contributed by atoms with Gasteiger partial charge in [-0.15, -0.1) is 12.4 Å². The summed E-state index contributed by atoms with van der Waals surface area (Å²) in [6.45, 7) is 2.74. The second-order valence-electron chi connectivity index (χ2n) is 7.67. The van der Waals surface area contributed by atoms with Crippen molar-refractivity contribution >= 4 is 35.8 Å². The zero-order valence-electron chi connectivity index (χ0n) is 19.1. The van der Waals surface area contributed by atoms with Crippen LogP contribution < -0.4 is 5.32 Å². The van der Waals surface area contributed by atoms with Gasteiger partial charge >= 0.3 is 5.97 Å². The lowest BCUT2D eigenvalue weighted by atomic mass is 9.94. The van der Waals surface area contributed by atoms with Crippen LogP contribution in [0.4, 0.5) is 5.82 Å². The van der Waals surface area contributed by atoms with Gasteiger partial charge in [-0.05, 0) is 47.4 Å². The highest BCUT2D eigenvalue weighted by atomic mass is 35.5. The first kappa shape index (κ1) is 26.2. The summed E-state index contributed by atoms with van der Waals surface area (Å²) in [5.74, 6) is 0.202. The minimum atomic E-state index is -0.903. The predicted molar refractivity (Wildman–Crippen MR) is 137 cm³/mol. The summed E-state index contributed by atoms with van der Waals surface area (Å²) in [4.78, 5) is 19.4. The maximum absolute atomic E-state index is 10.7. The summed E-state index contributed by atoms with van der Waals surface area (Å²) in [7, 11) is 1.66. The molecule has 0 atom stereocenters. The van der Waals surface area contributed by atoms with Crippen molar-refractivity contribution in [3.63, 3.8) is 0 Å². The highest BCUT2D eigenvalue weighted by Gasteiger charge is 2.16. The van der Waals surface area contributed by atoms with E-state index in [0.29, 0.717) is 34.7 Å². The van der Waals surface area contributed by atoms with Gasteiger partial charge in [0.05, 0.1) is 18.1 Å². The molecule has 0 aliphatic carbocycles. The number of carbonyl (C=O) groups is 1. The van der Waals surface area contributed by atoms with Gasteiger partial charge in [-0.1, -0.05) is 47.1 Å². The number of benzene rings is 2. The summed E-state index contributed by atoms with van der Waals surface area (Å²) in [5.41, 5.74) is 5.77. The molecule has 0 amide bonds. The zero-order chi connectivity index (χ0) is 24.1. The molecule has 2 aromatic carbocycles. The number of hydrogen-bond acceptors (Lipinski definition) is 7. The van der Waals surface area contributed by atoms with E-state index in [9.17, 15) is 4.79 Å². The summed E-state index contributed by atoms with van der Waals surface area (Å²) >= 11 is 6.29. The Kier molecular flexibility index (Phi) is 8.81. The van der Waals surface area contributed by atoms with E-state index in [4.69, 9.17) is 26.0 Å². The third-order valence-corrected chi connectivity index (χ3v) is 5.53. The van der Waals surface area contributed by atoms with Crippen molar-refractivity contribution in [3.8, 4) is 34.0 Å². The molecular weight excluding hydrogens is 491 g/mol. The fourth-order valence-electron chi connectivity index (χ4n) is 3.58. The molecule has 4 rings (SSSR count). The third kappa shape index (κ3) is 6.16. The van der Waals surface area contributed by atoms with Gasteiger partial charge in [0.15, 0.2) is 0 Å². The standard InChI is InChI=1S/C25H23ClN4O4.ClH/c1-15-5-3-4-6-19(15)20-8-7-16(11-18(20)14-33-2)25-29-23(30-34-25)17-12-21(26)24(28-13-17)27-10-9-22(31)32;/h3-8,11-13H,9-10,14H2,1-2H3,(H,27,28)(H,31,32);1H. The number of carboxylic acid groups (broad SMARTS) is 1. The number of rotatable bonds is 9. The van der Waals surface area contributed by atoms with Gasteiger partial charge in [0.2, 0.25) is 5.82 Å². The monoisotopic (exact) mass is 514 g/mol. The fraction of sp³-hybridized carbons (Fsp3) is 0.200. The van der Waals surface area contributed by atoms with E-state index >= 15 is 0 Å². The van der Waals surface area contributed by atoms with Gasteiger partial charge in [-0.2, -0.15) is 4.98 Å². The highest BCUT2D eigenvalue weighted by molar-refractivity contribution is 6.33. The molecule has 0 saturated carbocycles. The number of aliphatic carboxylic acids is 1. The van der Waals surface area contributed by atoms with E-state index in [1.54, 1.807) is 19.4 Å². The molecule has 4 aromatic rings. The molecule has 0 unspecified atom stereocenters. The molecule has 0 bridgehead atoms. The van der Waals surface area contributed by atoms with Gasteiger partial charge < -0.3 is 19.7 Å². The van der Waals surface area contributed by atoms with Crippen molar-refractivity contribution < 1.29 is 19.2 Å². The number of carboxylic acids is 1. The Labute approximate surface area is 213 Å². The fourth-order valence-corrected chi connectivity index (χ4v) is 3.81. The van der Waals surface area contributed by atoms with Crippen LogP contribution in [-0.2, 0) is 16.1 Å². The molecule has 2 N–H and O–H groups in total. The Morgan fingerprint density at radius 2 is 1.94 bits per heavy atom. The maximum Gasteiger partial charge on any atom is 0.305 e. The Bertz CT molecular complexity index is 1330. The number of nitrogens with one attached hydrogen (secondary N) is 1. The number of aromatic nitrogens is 3. The first-order chi connectivity index (χ1) is 16.5. The molecule has 0 aliphatic rings. The average Bonchev–Trinajstić information content (AvgIpc) is 3.31. The van der Waals surface area contributed by atoms with Crippen molar-refractivity contribution in [3.05, 3.63) is 70.9 Å². The number of methoxy groups -OCH3 is 1. The van der Waals surface area contributed by atoms with Crippen LogP contribution in [0.2, 0.25) is 5.02 Å². The van der Waals surface area contributed by atoms with Crippen molar-refractivity contribution in [1.29, 1.82) is 0 Å². The van der Waals surface area contributed by atoms with Crippen LogP contribution in [0.3, 0.4) is 0 Å². The number of pyridine rings is 1. The minimum absolute atomic E-state index is 0. The van der Waals surface area contributed by atoms with Gasteiger partial charge in [-0.3, -0.25) is 4.79 Å². The predicted octanol–water partition coefficient (Wildman–Crippen LogP) is 5.88. The SMILES string of the molecule is COCc1cc(-c2nc(-c3cnc(NCCC(=O)O)c(Cl)c3)no2)ccc1-c1ccccc1C.Cl. The van der Waals surface area contributed by atoms with E-state index in [-0.39, 0.29) is 25.4 Å². The normalized spacial score (nSPS) is 10.6. The third-order valence-electron chi connectivity index (χ3n) is 5.24. The lowest BCUT2D eigenvalue weighted by molar-refractivity contribution is -0.136. The second-order valence-corrected chi connectivity index (χ2v) is 8.08. The van der Waals surface area contributed by atoms with E-state index in [1.165, 1.54) is 5.56 Å². The summed E-state index contributed by atoms with van der Waals surface area (Å²) in [5, 5.41) is 16.1. The molecule has 0 saturated heterocycles. The Hall–Kier alpha value is -3.46. The quantitative estimate of drug-likeness (QED) is 0.284. The van der Waals surface area contributed by atoms with Gasteiger partial charge in [0, 0.05) is 31.0 Å². The van der Waals surface area contributed by atoms with E-state index in [1.807, 2.05) is 30.3 Å². The molecule has 0 fully saturated rings. The van der Waals surface area contributed by atoms with Crippen LogP contribution in [0.5, 0.6) is 0 Å². The molecule has 8 nitrogen and oxygen atoms in total. The zero-order valence-corrected chi connectivity index (χ0v) is 20.7. The smallest absolute Gasteiger partial charge is 0.305 e. The van der Waals surface area contributed by atoms with Crippen LogP contribution in [0, 0.1) is 6.92 Å². The average molecular weight is 515 g/mol. The molecular formula is C25H24Cl2N4O4. The van der Waals surface area contributed by atoms with Crippen LogP contribution in [0.1, 0.15) is 17.5 Å². The molecule has 2 heterocycles. The van der Waals surface area contributed by atoms with Crippen molar-refractivity contribution in [1.82, 2.24) is 15.1 Å². The van der Waals surface area contributed by atoms with Gasteiger partial charge in [-0.25, -0.2) is 4.98 Å².